The smallest absolute Gasteiger partial charge is 0.269 e. The van der Waals surface area contributed by atoms with E-state index in [4.69, 9.17) is 0 Å². The lowest BCUT2D eigenvalue weighted by atomic mass is 10.0. The molecule has 0 radical (unpaired) electrons. The average molecular weight is 286 g/mol. The number of nitrogens with zero attached hydrogens (tertiary/aromatic N) is 1. The van der Waals surface area contributed by atoms with E-state index in [0.717, 1.165) is 11.1 Å². The Morgan fingerprint density at radius 2 is 1.71 bits per heavy atom. The number of hydrogen-bond donors (Lipinski definition) is 2. The average Bonchev–Trinajstić information content (AvgIpc) is 2.53. The fourth-order valence-corrected chi connectivity index (χ4v) is 2.22. The molecule has 0 amide bonds. The van der Waals surface area contributed by atoms with Gasteiger partial charge in [-0.2, -0.15) is 0 Å². The molecular formula is C16H18N2O3. The first-order valence-electron chi connectivity index (χ1n) is 6.78. The first-order chi connectivity index (χ1) is 10.1. The maximum atomic E-state index is 10.6. The first-order valence-corrected chi connectivity index (χ1v) is 6.78. The lowest BCUT2D eigenvalue weighted by Gasteiger charge is -2.22. The van der Waals surface area contributed by atoms with E-state index in [-0.39, 0.29) is 24.4 Å². The SMILES string of the molecule is CC(NC(CO)c1ccccc1)c1ccc([N+](=O)[O-])cc1. The van der Waals surface area contributed by atoms with E-state index in [2.05, 4.69) is 5.32 Å². The van der Waals surface area contributed by atoms with Crippen molar-refractivity contribution in [2.45, 2.75) is 19.0 Å². The van der Waals surface area contributed by atoms with Gasteiger partial charge in [0.05, 0.1) is 17.6 Å². The molecule has 0 spiro atoms. The maximum absolute atomic E-state index is 10.6. The molecule has 0 saturated heterocycles. The summed E-state index contributed by atoms with van der Waals surface area (Å²) >= 11 is 0. The normalized spacial score (nSPS) is 13.6. The van der Waals surface area contributed by atoms with Crippen LogP contribution in [-0.4, -0.2) is 16.6 Å². The number of aliphatic hydroxyl groups excluding tert-OH is 1. The zero-order valence-electron chi connectivity index (χ0n) is 11.8. The van der Waals surface area contributed by atoms with Gasteiger partial charge in [-0.05, 0) is 18.1 Å². The van der Waals surface area contributed by atoms with E-state index in [1.165, 1.54) is 12.1 Å². The Morgan fingerprint density at radius 3 is 2.24 bits per heavy atom. The molecule has 2 unspecified atom stereocenters. The molecule has 21 heavy (non-hydrogen) atoms. The molecule has 5 heteroatoms. The van der Waals surface area contributed by atoms with Crippen LogP contribution in [-0.2, 0) is 0 Å². The quantitative estimate of drug-likeness (QED) is 0.632. The molecule has 2 atom stereocenters. The van der Waals surface area contributed by atoms with Crippen LogP contribution in [0.25, 0.3) is 0 Å². The molecule has 0 fully saturated rings. The van der Waals surface area contributed by atoms with Crippen LogP contribution in [0.2, 0.25) is 0 Å². The third kappa shape index (κ3) is 3.87. The zero-order chi connectivity index (χ0) is 15.2. The van der Waals surface area contributed by atoms with E-state index in [9.17, 15) is 15.2 Å². The predicted molar refractivity (Wildman–Crippen MR) is 80.9 cm³/mol. The molecule has 2 rings (SSSR count). The van der Waals surface area contributed by atoms with Crippen LogP contribution in [0.4, 0.5) is 5.69 Å². The van der Waals surface area contributed by atoms with Crippen molar-refractivity contribution in [3.8, 4) is 0 Å². The standard InChI is InChI=1S/C16H18N2O3/c1-12(13-7-9-15(10-8-13)18(20)21)17-16(11-19)14-5-3-2-4-6-14/h2-10,12,16-17,19H,11H2,1H3. The highest BCUT2D eigenvalue weighted by Crippen LogP contribution is 2.21. The number of rotatable bonds is 6. The molecule has 110 valence electrons. The Balaban J connectivity index is 2.09. The summed E-state index contributed by atoms with van der Waals surface area (Å²) in [6.07, 6.45) is 0. The summed E-state index contributed by atoms with van der Waals surface area (Å²) in [7, 11) is 0. The van der Waals surface area contributed by atoms with Gasteiger partial charge in [-0.15, -0.1) is 0 Å². The Hall–Kier alpha value is -2.24. The summed E-state index contributed by atoms with van der Waals surface area (Å²) in [5.74, 6) is 0. The molecule has 2 aromatic rings. The lowest BCUT2D eigenvalue weighted by Crippen LogP contribution is -2.27. The second kappa shape index (κ2) is 6.97. The minimum absolute atomic E-state index is 0.0126. The van der Waals surface area contributed by atoms with Crippen molar-refractivity contribution in [3.63, 3.8) is 0 Å². The largest absolute Gasteiger partial charge is 0.394 e. The minimum Gasteiger partial charge on any atom is -0.394 e. The van der Waals surface area contributed by atoms with Crippen LogP contribution in [0.1, 0.15) is 30.1 Å². The number of nitro groups is 1. The summed E-state index contributed by atoms with van der Waals surface area (Å²) in [6, 6.07) is 15.9. The Kier molecular flexibility index (Phi) is 5.03. The first kappa shape index (κ1) is 15.2. The number of nitrogens with one attached hydrogen (secondary N) is 1. The van der Waals surface area contributed by atoms with E-state index in [1.54, 1.807) is 12.1 Å². The Labute approximate surface area is 123 Å². The molecule has 0 aliphatic rings. The highest BCUT2D eigenvalue weighted by molar-refractivity contribution is 5.34. The fraction of sp³-hybridized carbons (Fsp3) is 0.250. The van der Waals surface area contributed by atoms with Gasteiger partial charge in [0.2, 0.25) is 0 Å². The summed E-state index contributed by atoms with van der Waals surface area (Å²) in [5, 5.41) is 23.5. The fourth-order valence-electron chi connectivity index (χ4n) is 2.22. The van der Waals surface area contributed by atoms with E-state index in [0.29, 0.717) is 0 Å². The van der Waals surface area contributed by atoms with Crippen molar-refractivity contribution in [2.24, 2.45) is 0 Å². The van der Waals surface area contributed by atoms with Gasteiger partial charge in [-0.3, -0.25) is 10.1 Å². The highest BCUT2D eigenvalue weighted by atomic mass is 16.6. The van der Waals surface area contributed by atoms with Crippen molar-refractivity contribution in [2.75, 3.05) is 6.61 Å². The Morgan fingerprint density at radius 1 is 1.10 bits per heavy atom. The number of non-ortho nitro benzene ring substituents is 1. The van der Waals surface area contributed by atoms with Crippen LogP contribution >= 0.6 is 0 Å². The van der Waals surface area contributed by atoms with Crippen LogP contribution in [0.3, 0.4) is 0 Å². The molecule has 2 aromatic carbocycles. The van der Waals surface area contributed by atoms with E-state index >= 15 is 0 Å². The molecule has 0 aromatic heterocycles. The molecular weight excluding hydrogens is 268 g/mol. The number of benzene rings is 2. The molecule has 0 aliphatic carbocycles. The second-order valence-electron chi connectivity index (χ2n) is 4.88. The van der Waals surface area contributed by atoms with Gasteiger partial charge in [0.1, 0.15) is 0 Å². The molecule has 0 saturated carbocycles. The van der Waals surface area contributed by atoms with Gasteiger partial charge in [0.25, 0.3) is 5.69 Å². The van der Waals surface area contributed by atoms with E-state index < -0.39 is 4.92 Å². The predicted octanol–water partition coefficient (Wildman–Crippen LogP) is 2.98. The lowest BCUT2D eigenvalue weighted by molar-refractivity contribution is -0.384. The third-order valence-electron chi connectivity index (χ3n) is 3.44. The van der Waals surface area contributed by atoms with Gasteiger partial charge in [0, 0.05) is 18.2 Å². The minimum atomic E-state index is -0.414. The number of aliphatic hydroxyl groups is 1. The van der Waals surface area contributed by atoms with Gasteiger partial charge in [-0.1, -0.05) is 42.5 Å². The van der Waals surface area contributed by atoms with Crippen molar-refractivity contribution >= 4 is 5.69 Å². The van der Waals surface area contributed by atoms with Crippen LogP contribution < -0.4 is 5.32 Å². The summed E-state index contributed by atoms with van der Waals surface area (Å²) in [6.45, 7) is 1.95. The number of hydrogen-bond acceptors (Lipinski definition) is 4. The third-order valence-corrected chi connectivity index (χ3v) is 3.44. The molecule has 0 heterocycles. The van der Waals surface area contributed by atoms with Crippen molar-refractivity contribution in [3.05, 3.63) is 75.8 Å². The highest BCUT2D eigenvalue weighted by Gasteiger charge is 2.15. The summed E-state index contributed by atoms with van der Waals surface area (Å²) in [5.41, 5.74) is 2.02. The van der Waals surface area contributed by atoms with Crippen molar-refractivity contribution in [1.82, 2.24) is 5.32 Å². The second-order valence-corrected chi connectivity index (χ2v) is 4.88. The van der Waals surface area contributed by atoms with Crippen LogP contribution in [0.5, 0.6) is 0 Å². The molecule has 0 bridgehead atoms. The monoisotopic (exact) mass is 286 g/mol. The molecule has 2 N–H and O–H groups in total. The maximum Gasteiger partial charge on any atom is 0.269 e. The zero-order valence-corrected chi connectivity index (χ0v) is 11.8. The topological polar surface area (TPSA) is 75.4 Å². The van der Waals surface area contributed by atoms with Gasteiger partial charge in [0.15, 0.2) is 0 Å². The van der Waals surface area contributed by atoms with Gasteiger partial charge >= 0.3 is 0 Å². The summed E-state index contributed by atoms with van der Waals surface area (Å²) in [4.78, 5) is 10.2. The van der Waals surface area contributed by atoms with Gasteiger partial charge in [-0.25, -0.2) is 0 Å². The van der Waals surface area contributed by atoms with Crippen molar-refractivity contribution in [1.29, 1.82) is 0 Å². The van der Waals surface area contributed by atoms with Crippen molar-refractivity contribution < 1.29 is 10.0 Å². The van der Waals surface area contributed by atoms with Crippen LogP contribution in [0.15, 0.2) is 54.6 Å². The number of nitro benzene ring substituents is 1. The Bertz CT molecular complexity index is 584. The molecule has 0 aliphatic heterocycles. The van der Waals surface area contributed by atoms with E-state index in [1.807, 2.05) is 37.3 Å². The van der Waals surface area contributed by atoms with Gasteiger partial charge < -0.3 is 10.4 Å². The van der Waals surface area contributed by atoms with Crippen LogP contribution in [0, 0.1) is 10.1 Å². The summed E-state index contributed by atoms with van der Waals surface area (Å²) < 4.78 is 0. The molecule has 5 nitrogen and oxygen atoms in total.